The van der Waals surface area contributed by atoms with E-state index in [1.165, 1.54) is 36.9 Å². The minimum Gasteiger partial charge on any atom is -0.362 e. The van der Waals surface area contributed by atoms with Crippen molar-refractivity contribution < 1.29 is 8.78 Å². The number of benzene rings is 4. The first-order chi connectivity index (χ1) is 28.7. The standard InChI is InChI=1S/C20H13ClFN7.C15H11ClFN3.C5H3BrN4/c21-13-5-2-6-14-17(13)29-16(11-3-1-4-12(22)7-11)15(28-14)8-23-19-18-20(25-9-24-18)27-10-26-19;16-11-5-2-6-12-15(11)20-14(13(8-18)19-12)9-3-1-4-10(17)7-9;6-4-3-5(9-1-7-3)10-2-8-4/h1-7,9-10H,8H2,(H2,23,24,25,26,27);1-7H,8,18H2;1-2H,(H,7,8,9,10). The van der Waals surface area contributed by atoms with E-state index in [0.29, 0.717) is 95.2 Å². The largest absolute Gasteiger partial charge is 0.362 e. The number of aromatic amines is 2. The predicted molar refractivity (Wildman–Crippen MR) is 226 cm³/mol. The van der Waals surface area contributed by atoms with Crippen molar-refractivity contribution in [2.75, 3.05) is 5.32 Å². The van der Waals surface area contributed by atoms with Gasteiger partial charge in [-0.15, -0.1) is 0 Å². The number of nitrogens with one attached hydrogen (secondary N) is 3. The number of nitrogens with two attached hydrogens (primary N) is 1. The van der Waals surface area contributed by atoms with Gasteiger partial charge in [0.05, 0.1) is 63.1 Å². The fraction of sp³-hybridized carbons (Fsp3) is 0.0500. The lowest BCUT2D eigenvalue weighted by molar-refractivity contribution is 0.628. The van der Waals surface area contributed by atoms with Crippen LogP contribution >= 0.6 is 39.1 Å². The molecule has 0 spiro atoms. The highest BCUT2D eigenvalue weighted by atomic mass is 79.9. The third kappa shape index (κ3) is 8.63. The van der Waals surface area contributed by atoms with Gasteiger partial charge in [-0.1, -0.05) is 59.6 Å². The summed E-state index contributed by atoms with van der Waals surface area (Å²) < 4.78 is 28.0. The van der Waals surface area contributed by atoms with Crippen LogP contribution in [0.4, 0.5) is 14.6 Å². The number of halogens is 5. The minimum absolute atomic E-state index is 0.224. The van der Waals surface area contributed by atoms with Gasteiger partial charge in [-0.3, -0.25) is 0 Å². The van der Waals surface area contributed by atoms with E-state index in [9.17, 15) is 8.78 Å². The number of hydrogen-bond donors (Lipinski definition) is 4. The molecular weight excluding hydrogens is 865 g/mol. The zero-order chi connectivity index (χ0) is 40.9. The maximum absolute atomic E-state index is 13.8. The molecule has 0 unspecified atom stereocenters. The van der Waals surface area contributed by atoms with Crippen molar-refractivity contribution in [3.8, 4) is 22.5 Å². The first kappa shape index (κ1) is 39.2. The van der Waals surface area contributed by atoms with Crippen LogP contribution in [-0.2, 0) is 13.1 Å². The quantitative estimate of drug-likeness (QED) is 0.116. The van der Waals surface area contributed by atoms with E-state index in [4.69, 9.17) is 38.9 Å². The summed E-state index contributed by atoms with van der Waals surface area (Å²) in [6.45, 7) is 0.535. The summed E-state index contributed by atoms with van der Waals surface area (Å²) in [5.74, 6) is -0.0883. The second-order valence-corrected chi connectivity index (χ2v) is 14.0. The molecule has 10 rings (SSSR count). The molecular formula is C40H27BrCl2F2N14. The van der Waals surface area contributed by atoms with E-state index < -0.39 is 0 Å². The Morgan fingerprint density at radius 1 is 0.610 bits per heavy atom. The lowest BCUT2D eigenvalue weighted by Crippen LogP contribution is -2.08. The maximum Gasteiger partial charge on any atom is 0.182 e. The molecule has 292 valence electrons. The first-order valence-corrected chi connectivity index (χ1v) is 19.1. The average Bonchev–Trinajstić information content (AvgIpc) is 3.95. The number of para-hydroxylation sites is 2. The van der Waals surface area contributed by atoms with Gasteiger partial charge in [-0.05, 0) is 64.5 Å². The lowest BCUT2D eigenvalue weighted by atomic mass is 10.1. The van der Waals surface area contributed by atoms with Crippen LogP contribution < -0.4 is 11.1 Å². The van der Waals surface area contributed by atoms with Gasteiger partial charge in [-0.2, -0.15) is 0 Å². The summed E-state index contributed by atoms with van der Waals surface area (Å²) in [6, 6.07) is 23.2. The molecule has 4 aromatic carbocycles. The van der Waals surface area contributed by atoms with Gasteiger partial charge in [0.2, 0.25) is 0 Å². The average molecular weight is 893 g/mol. The Bertz CT molecular complexity index is 3110. The monoisotopic (exact) mass is 890 g/mol. The van der Waals surface area contributed by atoms with Gasteiger partial charge < -0.3 is 21.0 Å². The summed E-state index contributed by atoms with van der Waals surface area (Å²) >= 11 is 15.7. The van der Waals surface area contributed by atoms with Gasteiger partial charge in [0.25, 0.3) is 0 Å². The van der Waals surface area contributed by atoms with Crippen molar-refractivity contribution in [3.63, 3.8) is 0 Å². The number of imidazole rings is 2. The summed E-state index contributed by atoms with van der Waals surface area (Å²) in [6.07, 6.45) is 6.04. The Kier molecular flexibility index (Phi) is 11.6. The van der Waals surface area contributed by atoms with Crippen LogP contribution in [0.25, 0.3) is 66.9 Å². The molecule has 10 aromatic rings. The molecule has 59 heavy (non-hydrogen) atoms. The van der Waals surface area contributed by atoms with Crippen molar-refractivity contribution in [1.82, 2.24) is 59.8 Å². The number of hydrogen-bond acceptors (Lipinski definition) is 12. The van der Waals surface area contributed by atoms with Crippen LogP contribution in [0, 0.1) is 11.6 Å². The number of aromatic nitrogens is 12. The molecule has 0 aliphatic heterocycles. The van der Waals surface area contributed by atoms with Crippen LogP contribution in [0.15, 0.2) is 115 Å². The molecule has 0 aliphatic carbocycles. The number of fused-ring (bicyclic) bond motifs is 4. The van der Waals surface area contributed by atoms with Gasteiger partial charge in [0.15, 0.2) is 17.1 Å². The lowest BCUT2D eigenvalue weighted by Gasteiger charge is -2.12. The normalized spacial score (nSPS) is 11.0. The van der Waals surface area contributed by atoms with E-state index >= 15 is 0 Å². The fourth-order valence-corrected chi connectivity index (χ4v) is 6.77. The highest BCUT2D eigenvalue weighted by molar-refractivity contribution is 9.10. The van der Waals surface area contributed by atoms with Crippen LogP contribution in [0.1, 0.15) is 11.4 Å². The SMILES string of the molecule is Brc1ncnc2nc[nH]c12.Fc1cccc(-c2nc3c(Cl)cccc3nc2CNc2ncnc3nc[nH]c23)c1.NCc1nc2cccc(Cl)c2nc1-c1cccc(F)c1. The zero-order valence-corrected chi connectivity index (χ0v) is 33.3. The van der Waals surface area contributed by atoms with Crippen LogP contribution in [0.2, 0.25) is 10.0 Å². The number of rotatable bonds is 6. The highest BCUT2D eigenvalue weighted by Gasteiger charge is 2.16. The number of H-pyrrole nitrogens is 2. The van der Waals surface area contributed by atoms with Gasteiger partial charge >= 0.3 is 0 Å². The molecule has 0 bridgehead atoms. The molecule has 0 saturated heterocycles. The van der Waals surface area contributed by atoms with Crippen molar-refractivity contribution in [1.29, 1.82) is 0 Å². The minimum atomic E-state index is -0.350. The molecule has 0 aliphatic rings. The third-order valence-corrected chi connectivity index (χ3v) is 9.86. The van der Waals surface area contributed by atoms with Gasteiger partial charge in [0, 0.05) is 17.7 Å². The zero-order valence-electron chi connectivity index (χ0n) is 30.2. The second kappa shape index (κ2) is 17.5. The fourth-order valence-electron chi connectivity index (χ4n) is 5.96. The molecule has 0 radical (unpaired) electrons. The third-order valence-electron chi connectivity index (χ3n) is 8.65. The maximum atomic E-state index is 13.8. The van der Waals surface area contributed by atoms with E-state index in [-0.39, 0.29) is 18.2 Å². The number of anilines is 1. The Balaban J connectivity index is 0.000000138. The van der Waals surface area contributed by atoms with Crippen LogP contribution in [-0.4, -0.2) is 59.8 Å². The Morgan fingerprint density at radius 3 is 1.71 bits per heavy atom. The molecule has 6 heterocycles. The topological polar surface area (TPSA) is 199 Å². The van der Waals surface area contributed by atoms with Crippen molar-refractivity contribution in [3.05, 3.63) is 148 Å². The van der Waals surface area contributed by atoms with E-state index in [2.05, 4.69) is 71.1 Å². The smallest absolute Gasteiger partial charge is 0.182 e. The summed E-state index contributed by atoms with van der Waals surface area (Å²) in [5.41, 5.74) is 14.6. The summed E-state index contributed by atoms with van der Waals surface area (Å²) in [7, 11) is 0. The molecule has 14 nitrogen and oxygen atoms in total. The first-order valence-electron chi connectivity index (χ1n) is 17.6. The number of nitrogens with zero attached hydrogens (tertiary/aromatic N) is 10. The molecule has 6 aromatic heterocycles. The molecule has 0 fully saturated rings. The Hall–Kier alpha value is -6.66. The predicted octanol–water partition coefficient (Wildman–Crippen LogP) is 9.03. The van der Waals surface area contributed by atoms with E-state index in [1.54, 1.807) is 49.1 Å². The van der Waals surface area contributed by atoms with Crippen molar-refractivity contribution >= 4 is 89.3 Å². The molecule has 19 heteroatoms. The van der Waals surface area contributed by atoms with E-state index in [1.807, 2.05) is 24.3 Å². The highest BCUT2D eigenvalue weighted by Crippen LogP contribution is 2.29. The van der Waals surface area contributed by atoms with E-state index in [0.717, 1.165) is 10.1 Å². The van der Waals surface area contributed by atoms with Crippen molar-refractivity contribution in [2.24, 2.45) is 5.73 Å². The summed E-state index contributed by atoms with van der Waals surface area (Å²) in [5, 5.41) is 4.24. The molecule has 5 N–H and O–H groups in total. The second-order valence-electron chi connectivity index (χ2n) is 12.4. The Labute approximate surface area is 350 Å². The van der Waals surface area contributed by atoms with Crippen LogP contribution in [0.5, 0.6) is 0 Å². The van der Waals surface area contributed by atoms with Gasteiger partial charge in [-0.25, -0.2) is 58.6 Å². The van der Waals surface area contributed by atoms with Crippen molar-refractivity contribution in [2.45, 2.75) is 13.1 Å². The molecule has 0 atom stereocenters. The molecule has 0 amide bonds. The molecule has 0 saturated carbocycles. The van der Waals surface area contributed by atoms with Gasteiger partial charge in [0.1, 0.15) is 51.0 Å². The Morgan fingerprint density at radius 2 is 1.14 bits per heavy atom. The summed E-state index contributed by atoms with van der Waals surface area (Å²) in [4.78, 5) is 48.6. The van der Waals surface area contributed by atoms with Crippen LogP contribution in [0.3, 0.4) is 0 Å².